The third-order valence-electron chi connectivity index (χ3n) is 3.79. The van der Waals surface area contributed by atoms with Gasteiger partial charge in [-0.05, 0) is 12.1 Å². The largest absolute Gasteiger partial charge is 0.476 e. The normalized spacial score (nSPS) is 14.9. The second-order valence-electron chi connectivity index (χ2n) is 5.28. The van der Waals surface area contributed by atoms with Crippen LogP contribution in [-0.4, -0.2) is 49.3 Å². The molecule has 2 aromatic rings. The van der Waals surface area contributed by atoms with Gasteiger partial charge in [0.15, 0.2) is 0 Å². The molecule has 0 amide bonds. The summed E-state index contributed by atoms with van der Waals surface area (Å²) in [5, 5.41) is 0.792. The first-order valence-electron chi connectivity index (χ1n) is 7.67. The van der Waals surface area contributed by atoms with Crippen LogP contribution in [0.15, 0.2) is 36.7 Å². The van der Waals surface area contributed by atoms with Gasteiger partial charge in [-0.15, -0.1) is 0 Å². The second kappa shape index (κ2) is 7.48. The molecule has 0 bridgehead atoms. The van der Waals surface area contributed by atoms with Crippen molar-refractivity contribution in [3.05, 3.63) is 41.7 Å². The summed E-state index contributed by atoms with van der Waals surface area (Å²) in [4.78, 5) is 13.0. The highest BCUT2D eigenvalue weighted by Gasteiger charge is 2.20. The Bertz CT molecular complexity index is 646. The fourth-order valence-electron chi connectivity index (χ4n) is 2.63. The molecule has 6 nitrogen and oxygen atoms in total. The molecule has 23 heavy (non-hydrogen) atoms. The molecule has 1 aliphatic rings. The lowest BCUT2D eigenvalue weighted by Gasteiger charge is -2.37. The topological polar surface area (TPSA) is 67.5 Å². The highest BCUT2D eigenvalue weighted by atomic mass is 35.5. The first-order chi connectivity index (χ1) is 11.3. The van der Waals surface area contributed by atoms with E-state index in [2.05, 4.69) is 25.8 Å². The number of rotatable bonds is 5. The molecule has 1 saturated heterocycles. The van der Waals surface area contributed by atoms with Gasteiger partial charge >= 0.3 is 0 Å². The minimum absolute atomic E-state index is 0.455. The van der Waals surface area contributed by atoms with Crippen LogP contribution in [0.1, 0.15) is 0 Å². The van der Waals surface area contributed by atoms with Crippen LogP contribution in [0.3, 0.4) is 0 Å². The summed E-state index contributed by atoms with van der Waals surface area (Å²) in [7, 11) is 0. The summed E-state index contributed by atoms with van der Waals surface area (Å²) < 4.78 is 5.46. The van der Waals surface area contributed by atoms with Crippen molar-refractivity contribution >= 4 is 23.1 Å². The highest BCUT2D eigenvalue weighted by Crippen LogP contribution is 2.27. The maximum atomic E-state index is 6.28. The minimum atomic E-state index is 0.455. The Balaban J connectivity index is 1.64. The standard InChI is InChI=1S/C16H20ClN5O/c17-13-3-1-2-4-14(13)21-6-8-22(9-7-21)15-11-16(20-12-19-15)23-10-5-18/h1-4,11-12H,5-10,18H2. The van der Waals surface area contributed by atoms with Gasteiger partial charge in [0, 0.05) is 38.8 Å². The van der Waals surface area contributed by atoms with Crippen LogP contribution in [0.2, 0.25) is 5.02 Å². The monoisotopic (exact) mass is 333 g/mol. The van der Waals surface area contributed by atoms with E-state index in [1.165, 1.54) is 6.33 Å². The molecule has 1 fully saturated rings. The van der Waals surface area contributed by atoms with E-state index >= 15 is 0 Å². The zero-order valence-corrected chi connectivity index (χ0v) is 13.6. The van der Waals surface area contributed by atoms with Gasteiger partial charge in [0.1, 0.15) is 18.8 Å². The lowest BCUT2D eigenvalue weighted by atomic mass is 10.2. The van der Waals surface area contributed by atoms with Crippen LogP contribution in [0.25, 0.3) is 0 Å². The third-order valence-corrected chi connectivity index (χ3v) is 4.11. The number of nitrogens with zero attached hydrogens (tertiary/aromatic N) is 4. The SMILES string of the molecule is NCCOc1cc(N2CCN(c3ccccc3Cl)CC2)ncn1. The summed E-state index contributed by atoms with van der Waals surface area (Å²) in [6.45, 7) is 4.46. The minimum Gasteiger partial charge on any atom is -0.476 e. The summed E-state index contributed by atoms with van der Waals surface area (Å²) in [6.07, 6.45) is 1.53. The van der Waals surface area contributed by atoms with Gasteiger partial charge in [-0.25, -0.2) is 9.97 Å². The van der Waals surface area contributed by atoms with Crippen molar-refractivity contribution < 1.29 is 4.74 Å². The smallest absolute Gasteiger partial charge is 0.218 e. The fourth-order valence-corrected chi connectivity index (χ4v) is 2.89. The zero-order chi connectivity index (χ0) is 16.1. The summed E-state index contributed by atoms with van der Waals surface area (Å²) >= 11 is 6.28. The molecule has 0 spiro atoms. The number of piperazine rings is 1. The first-order valence-corrected chi connectivity index (χ1v) is 8.05. The predicted octanol–water partition coefficient (Wildman–Crippen LogP) is 1.79. The number of aromatic nitrogens is 2. The summed E-state index contributed by atoms with van der Waals surface area (Å²) in [5.41, 5.74) is 6.53. The molecular formula is C16H20ClN5O. The van der Waals surface area contributed by atoms with E-state index in [-0.39, 0.29) is 0 Å². The molecule has 1 aromatic heterocycles. The van der Waals surface area contributed by atoms with Gasteiger partial charge in [-0.3, -0.25) is 0 Å². The Morgan fingerprint density at radius 1 is 1.09 bits per heavy atom. The fraction of sp³-hybridized carbons (Fsp3) is 0.375. The number of benzene rings is 1. The van der Waals surface area contributed by atoms with Crippen molar-refractivity contribution in [1.29, 1.82) is 0 Å². The molecule has 0 atom stereocenters. The summed E-state index contributed by atoms with van der Waals surface area (Å²) in [6, 6.07) is 9.81. The average Bonchev–Trinajstić information content (AvgIpc) is 2.61. The van der Waals surface area contributed by atoms with Crippen molar-refractivity contribution in [3.63, 3.8) is 0 Å². The van der Waals surface area contributed by atoms with E-state index in [0.717, 1.165) is 42.7 Å². The second-order valence-corrected chi connectivity index (χ2v) is 5.68. The van der Waals surface area contributed by atoms with Gasteiger partial charge in [0.05, 0.1) is 10.7 Å². The lowest BCUT2D eigenvalue weighted by molar-refractivity contribution is 0.315. The van der Waals surface area contributed by atoms with Crippen molar-refractivity contribution in [1.82, 2.24) is 9.97 Å². The van der Waals surface area contributed by atoms with Crippen molar-refractivity contribution in [3.8, 4) is 5.88 Å². The number of nitrogens with two attached hydrogens (primary N) is 1. The van der Waals surface area contributed by atoms with Gasteiger partial charge in [0.25, 0.3) is 0 Å². The van der Waals surface area contributed by atoms with Crippen LogP contribution in [0.4, 0.5) is 11.5 Å². The Morgan fingerprint density at radius 2 is 1.83 bits per heavy atom. The molecular weight excluding hydrogens is 314 g/mol. The average molecular weight is 334 g/mol. The van der Waals surface area contributed by atoms with Crippen molar-refractivity contribution in [2.45, 2.75) is 0 Å². The molecule has 1 aromatic carbocycles. The van der Waals surface area contributed by atoms with E-state index in [0.29, 0.717) is 19.0 Å². The molecule has 2 heterocycles. The van der Waals surface area contributed by atoms with Crippen molar-refractivity contribution in [2.24, 2.45) is 5.73 Å². The summed E-state index contributed by atoms with van der Waals surface area (Å²) in [5.74, 6) is 1.44. The Labute approximate surface area is 140 Å². The van der Waals surface area contributed by atoms with Crippen LogP contribution >= 0.6 is 11.6 Å². The first kappa shape index (κ1) is 15.8. The van der Waals surface area contributed by atoms with Crippen LogP contribution < -0.4 is 20.3 Å². The number of hydrogen-bond donors (Lipinski definition) is 1. The molecule has 122 valence electrons. The zero-order valence-electron chi connectivity index (χ0n) is 12.9. The molecule has 0 radical (unpaired) electrons. The number of anilines is 2. The molecule has 7 heteroatoms. The lowest BCUT2D eigenvalue weighted by Crippen LogP contribution is -2.47. The third kappa shape index (κ3) is 3.83. The van der Waals surface area contributed by atoms with Gasteiger partial charge in [-0.1, -0.05) is 23.7 Å². The van der Waals surface area contributed by atoms with Crippen LogP contribution in [-0.2, 0) is 0 Å². The molecule has 0 aliphatic carbocycles. The number of halogens is 1. The van der Waals surface area contributed by atoms with E-state index in [1.807, 2.05) is 24.3 Å². The van der Waals surface area contributed by atoms with E-state index in [4.69, 9.17) is 22.1 Å². The van der Waals surface area contributed by atoms with E-state index in [9.17, 15) is 0 Å². The molecule has 0 unspecified atom stereocenters. The number of para-hydroxylation sites is 1. The van der Waals surface area contributed by atoms with Crippen LogP contribution in [0, 0.1) is 0 Å². The van der Waals surface area contributed by atoms with Crippen molar-refractivity contribution in [2.75, 3.05) is 49.1 Å². The molecule has 1 aliphatic heterocycles. The van der Waals surface area contributed by atoms with Gasteiger partial charge in [-0.2, -0.15) is 0 Å². The quantitative estimate of drug-likeness (QED) is 0.900. The van der Waals surface area contributed by atoms with Gasteiger partial charge in [0.2, 0.25) is 5.88 Å². The van der Waals surface area contributed by atoms with Gasteiger partial charge < -0.3 is 20.3 Å². The molecule has 0 saturated carbocycles. The molecule has 3 rings (SSSR count). The Morgan fingerprint density at radius 3 is 2.57 bits per heavy atom. The maximum absolute atomic E-state index is 6.28. The number of hydrogen-bond acceptors (Lipinski definition) is 6. The molecule has 2 N–H and O–H groups in total. The van der Waals surface area contributed by atoms with E-state index < -0.39 is 0 Å². The number of ether oxygens (including phenoxy) is 1. The Hall–Kier alpha value is -2.05. The van der Waals surface area contributed by atoms with Crippen LogP contribution in [0.5, 0.6) is 5.88 Å². The highest BCUT2D eigenvalue weighted by molar-refractivity contribution is 6.33. The Kier molecular flexibility index (Phi) is 5.15. The van der Waals surface area contributed by atoms with E-state index in [1.54, 1.807) is 0 Å². The maximum Gasteiger partial charge on any atom is 0.218 e. The predicted molar refractivity (Wildman–Crippen MR) is 92.5 cm³/mol.